The van der Waals surface area contributed by atoms with Crippen molar-refractivity contribution in [2.75, 3.05) is 0 Å². The van der Waals surface area contributed by atoms with E-state index in [1.54, 1.807) is 0 Å². The average molecular weight is 368 g/mol. The second kappa shape index (κ2) is 7.24. The Morgan fingerprint density at radius 3 is 2.35 bits per heavy atom. The second-order valence-electron chi connectivity index (χ2n) is 8.37. The van der Waals surface area contributed by atoms with E-state index in [1.165, 1.54) is 18.6 Å². The lowest BCUT2D eigenvalue weighted by molar-refractivity contribution is -0.157. The fourth-order valence-electron chi connectivity index (χ4n) is 4.23. The molecular weight excluding hydrogens is 341 g/mol. The minimum absolute atomic E-state index is 0.0108. The summed E-state index contributed by atoms with van der Waals surface area (Å²) in [6.07, 6.45) is -0.520. The highest BCUT2D eigenvalue weighted by atomic mass is 19.4. The molecule has 0 bridgehead atoms. The van der Waals surface area contributed by atoms with Crippen LogP contribution in [-0.2, 0) is 15.7 Å². The summed E-state index contributed by atoms with van der Waals surface area (Å²) in [6, 6.07) is 5.15. The van der Waals surface area contributed by atoms with Crippen LogP contribution in [0.3, 0.4) is 0 Å². The molecule has 0 saturated heterocycles. The van der Waals surface area contributed by atoms with Crippen LogP contribution in [-0.4, -0.2) is 12.1 Å². The van der Waals surface area contributed by atoms with Crippen LogP contribution in [0.15, 0.2) is 24.3 Å². The Balaban J connectivity index is 1.60. The molecule has 0 unspecified atom stereocenters. The summed E-state index contributed by atoms with van der Waals surface area (Å²) in [7, 11) is 0. The highest BCUT2D eigenvalue weighted by Gasteiger charge is 2.47. The van der Waals surface area contributed by atoms with Crippen LogP contribution in [0.25, 0.3) is 0 Å². The van der Waals surface area contributed by atoms with Crippen LogP contribution in [0.4, 0.5) is 13.2 Å². The van der Waals surface area contributed by atoms with E-state index in [2.05, 4.69) is 20.8 Å². The van der Waals surface area contributed by atoms with Gasteiger partial charge in [0, 0.05) is 0 Å². The van der Waals surface area contributed by atoms with E-state index < -0.39 is 11.7 Å². The zero-order valence-electron chi connectivity index (χ0n) is 15.6. The lowest BCUT2D eigenvalue weighted by Gasteiger charge is -2.36. The lowest BCUT2D eigenvalue weighted by Crippen LogP contribution is -2.36. The van der Waals surface area contributed by atoms with Gasteiger partial charge in [0.05, 0.1) is 11.5 Å². The molecule has 3 rings (SSSR count). The highest BCUT2D eigenvalue weighted by molar-refractivity contribution is 5.77. The third-order valence-corrected chi connectivity index (χ3v) is 5.99. The van der Waals surface area contributed by atoms with Crippen molar-refractivity contribution >= 4 is 5.97 Å². The van der Waals surface area contributed by atoms with E-state index in [4.69, 9.17) is 4.74 Å². The number of ether oxygens (including phenoxy) is 1. The predicted octanol–water partition coefficient (Wildman–Crippen LogP) is 5.81. The molecule has 2 saturated carbocycles. The van der Waals surface area contributed by atoms with E-state index >= 15 is 0 Å². The predicted molar refractivity (Wildman–Crippen MR) is 93.5 cm³/mol. The molecule has 26 heavy (non-hydrogen) atoms. The summed E-state index contributed by atoms with van der Waals surface area (Å²) in [5.74, 6) is 1.04. The Morgan fingerprint density at radius 1 is 1.12 bits per heavy atom. The molecule has 0 aromatic heterocycles. The van der Waals surface area contributed by atoms with Crippen molar-refractivity contribution in [3.8, 4) is 0 Å². The minimum atomic E-state index is -4.33. The number of hydrogen-bond donors (Lipinski definition) is 0. The molecule has 0 radical (unpaired) electrons. The third-order valence-electron chi connectivity index (χ3n) is 5.99. The summed E-state index contributed by atoms with van der Waals surface area (Å²) in [5.41, 5.74) is 0.134. The number of rotatable bonds is 4. The number of halogens is 3. The van der Waals surface area contributed by atoms with Crippen LogP contribution in [0, 0.1) is 23.7 Å². The first-order valence-electron chi connectivity index (χ1n) is 9.54. The first kappa shape index (κ1) is 19.2. The third kappa shape index (κ3) is 4.24. The van der Waals surface area contributed by atoms with Crippen molar-refractivity contribution in [1.29, 1.82) is 0 Å². The Labute approximate surface area is 153 Å². The Kier molecular flexibility index (Phi) is 5.36. The van der Waals surface area contributed by atoms with Gasteiger partial charge in [0.25, 0.3) is 0 Å². The van der Waals surface area contributed by atoms with Gasteiger partial charge in [-0.3, -0.25) is 4.79 Å². The molecule has 5 atom stereocenters. The SMILES string of the molecule is CC(C)[C@@H]1CC[C@@H](C)C[C@H]1OC(=O)[C@H]1C[C@H]1c1ccc(C(F)(F)F)cc1. The lowest BCUT2D eigenvalue weighted by atomic mass is 9.75. The van der Waals surface area contributed by atoms with E-state index in [9.17, 15) is 18.0 Å². The van der Waals surface area contributed by atoms with E-state index in [-0.39, 0.29) is 23.9 Å². The highest BCUT2D eigenvalue weighted by Crippen LogP contribution is 2.49. The standard InChI is InChI=1S/C21H27F3O2/c1-12(2)16-9-4-13(3)10-19(16)26-20(25)18-11-17(18)14-5-7-15(8-6-14)21(22,23)24/h5-8,12-13,16-19H,4,9-11H2,1-3H3/t13-,16+,17+,18+,19-/m1/s1. The summed E-state index contributed by atoms with van der Waals surface area (Å²) in [5, 5.41) is 0. The number of carbonyl (C=O) groups is 1. The van der Waals surface area contributed by atoms with Gasteiger partial charge in [-0.05, 0) is 60.6 Å². The molecule has 5 heteroatoms. The normalized spacial score (nSPS) is 31.7. The van der Waals surface area contributed by atoms with Crippen LogP contribution in [0.5, 0.6) is 0 Å². The van der Waals surface area contributed by atoms with Crippen LogP contribution >= 0.6 is 0 Å². The van der Waals surface area contributed by atoms with Crippen molar-refractivity contribution in [1.82, 2.24) is 0 Å². The van der Waals surface area contributed by atoms with E-state index in [0.29, 0.717) is 24.2 Å². The molecule has 0 N–H and O–H groups in total. The zero-order chi connectivity index (χ0) is 19.1. The van der Waals surface area contributed by atoms with Crippen LogP contribution in [0.2, 0.25) is 0 Å². The van der Waals surface area contributed by atoms with Gasteiger partial charge in [0.1, 0.15) is 6.10 Å². The zero-order valence-corrected chi connectivity index (χ0v) is 15.6. The van der Waals surface area contributed by atoms with Crippen molar-refractivity contribution in [3.63, 3.8) is 0 Å². The van der Waals surface area contributed by atoms with Gasteiger partial charge in [0.2, 0.25) is 0 Å². The Morgan fingerprint density at radius 2 is 1.77 bits per heavy atom. The smallest absolute Gasteiger partial charge is 0.416 e. The summed E-state index contributed by atoms with van der Waals surface area (Å²) in [4.78, 5) is 12.6. The molecule has 0 amide bonds. The summed E-state index contributed by atoms with van der Waals surface area (Å²) < 4.78 is 43.9. The molecule has 0 aliphatic heterocycles. The quantitative estimate of drug-likeness (QED) is 0.627. The van der Waals surface area contributed by atoms with Gasteiger partial charge in [-0.1, -0.05) is 39.3 Å². The topological polar surface area (TPSA) is 26.3 Å². The van der Waals surface area contributed by atoms with E-state index in [1.807, 2.05) is 0 Å². The van der Waals surface area contributed by atoms with Crippen molar-refractivity contribution < 1.29 is 22.7 Å². The Bertz CT molecular complexity index is 636. The number of carbonyl (C=O) groups excluding carboxylic acids is 1. The maximum absolute atomic E-state index is 12.7. The second-order valence-corrected chi connectivity index (χ2v) is 8.37. The fourth-order valence-corrected chi connectivity index (χ4v) is 4.23. The molecule has 0 spiro atoms. The summed E-state index contributed by atoms with van der Waals surface area (Å²) in [6.45, 7) is 6.53. The first-order valence-corrected chi connectivity index (χ1v) is 9.54. The molecule has 2 fully saturated rings. The van der Waals surface area contributed by atoms with Gasteiger partial charge in [-0.15, -0.1) is 0 Å². The van der Waals surface area contributed by atoms with Gasteiger partial charge in [-0.2, -0.15) is 13.2 Å². The van der Waals surface area contributed by atoms with Gasteiger partial charge < -0.3 is 4.74 Å². The number of alkyl halides is 3. The largest absolute Gasteiger partial charge is 0.462 e. The summed E-state index contributed by atoms with van der Waals surface area (Å²) >= 11 is 0. The van der Waals surface area contributed by atoms with Crippen LogP contribution in [0.1, 0.15) is 63.5 Å². The maximum Gasteiger partial charge on any atom is 0.416 e. The molecule has 2 aliphatic carbocycles. The van der Waals surface area contributed by atoms with Crippen molar-refractivity contribution in [2.45, 2.75) is 64.7 Å². The maximum atomic E-state index is 12.7. The van der Waals surface area contributed by atoms with E-state index in [0.717, 1.165) is 30.5 Å². The molecular formula is C21H27F3O2. The Hall–Kier alpha value is -1.52. The number of hydrogen-bond acceptors (Lipinski definition) is 2. The number of benzene rings is 1. The first-order chi connectivity index (χ1) is 12.2. The molecule has 2 nitrogen and oxygen atoms in total. The average Bonchev–Trinajstić information content (AvgIpc) is 3.34. The fraction of sp³-hybridized carbons (Fsp3) is 0.667. The number of esters is 1. The van der Waals surface area contributed by atoms with Gasteiger partial charge in [0.15, 0.2) is 0 Å². The van der Waals surface area contributed by atoms with Gasteiger partial charge >= 0.3 is 12.1 Å². The molecule has 0 heterocycles. The minimum Gasteiger partial charge on any atom is -0.462 e. The molecule has 2 aliphatic rings. The van der Waals surface area contributed by atoms with Crippen molar-refractivity contribution in [2.24, 2.45) is 23.7 Å². The molecule has 1 aromatic rings. The monoisotopic (exact) mass is 368 g/mol. The molecule has 144 valence electrons. The van der Waals surface area contributed by atoms with Crippen LogP contribution < -0.4 is 0 Å². The van der Waals surface area contributed by atoms with Crippen molar-refractivity contribution in [3.05, 3.63) is 35.4 Å². The molecule has 1 aromatic carbocycles. The van der Waals surface area contributed by atoms with Gasteiger partial charge in [-0.25, -0.2) is 0 Å².